The van der Waals surface area contributed by atoms with Crippen LogP contribution in [-0.4, -0.2) is 56.5 Å². The highest BCUT2D eigenvalue weighted by atomic mass is 32.2. The molecule has 8 nitrogen and oxygen atoms in total. The molecule has 2 N–H and O–H groups in total. The number of nitrogens with zero attached hydrogens (tertiary/aromatic N) is 1. The van der Waals surface area contributed by atoms with Crippen molar-refractivity contribution >= 4 is 44.0 Å². The molecule has 0 unspecified atom stereocenters. The van der Waals surface area contributed by atoms with E-state index in [1.54, 1.807) is 43.5 Å². The van der Waals surface area contributed by atoms with E-state index >= 15 is 0 Å². The second-order valence-electron chi connectivity index (χ2n) is 6.96. The SMILES string of the molecule is COc1ccc(NC(=O)c2cccc(NC3=N[C@@H]4CS(=O)(=O)C[C@H]4S3)c2)c(OC)c1. The number of fused-ring (bicyclic) bond motifs is 1. The number of benzene rings is 2. The fourth-order valence-corrected chi connectivity index (χ4v) is 7.05. The zero-order valence-electron chi connectivity index (χ0n) is 16.4. The van der Waals surface area contributed by atoms with E-state index in [4.69, 9.17) is 9.47 Å². The molecule has 0 bridgehead atoms. The Balaban J connectivity index is 1.46. The van der Waals surface area contributed by atoms with Crippen LogP contribution in [0.1, 0.15) is 10.4 Å². The molecular formula is C20H21N3O5S2. The minimum Gasteiger partial charge on any atom is -0.497 e. The van der Waals surface area contributed by atoms with E-state index in [1.807, 2.05) is 6.07 Å². The third-order valence-electron chi connectivity index (χ3n) is 4.85. The quantitative estimate of drug-likeness (QED) is 0.726. The lowest BCUT2D eigenvalue weighted by Crippen LogP contribution is -2.14. The van der Waals surface area contributed by atoms with Gasteiger partial charge in [0.2, 0.25) is 0 Å². The van der Waals surface area contributed by atoms with Crippen LogP contribution in [-0.2, 0) is 9.84 Å². The molecule has 0 aliphatic carbocycles. The number of amides is 1. The molecule has 30 heavy (non-hydrogen) atoms. The Bertz CT molecular complexity index is 1120. The Morgan fingerprint density at radius 3 is 2.70 bits per heavy atom. The van der Waals surface area contributed by atoms with Gasteiger partial charge in [-0.2, -0.15) is 0 Å². The van der Waals surface area contributed by atoms with E-state index in [-0.39, 0.29) is 28.7 Å². The number of carbonyl (C=O) groups excluding carboxylic acids is 1. The van der Waals surface area contributed by atoms with Crippen molar-refractivity contribution in [2.24, 2.45) is 4.99 Å². The van der Waals surface area contributed by atoms with Gasteiger partial charge in [0.1, 0.15) is 11.5 Å². The number of sulfone groups is 1. The van der Waals surface area contributed by atoms with E-state index in [1.165, 1.54) is 18.9 Å². The molecule has 1 fully saturated rings. The monoisotopic (exact) mass is 447 g/mol. The number of anilines is 2. The topological polar surface area (TPSA) is 106 Å². The van der Waals surface area contributed by atoms with E-state index in [2.05, 4.69) is 15.6 Å². The predicted octanol–water partition coefficient (Wildman–Crippen LogP) is 2.64. The summed E-state index contributed by atoms with van der Waals surface area (Å²) in [4.78, 5) is 17.2. The number of thioether (sulfide) groups is 1. The van der Waals surface area contributed by atoms with Gasteiger partial charge in [0.15, 0.2) is 15.0 Å². The summed E-state index contributed by atoms with van der Waals surface area (Å²) in [5.41, 5.74) is 1.70. The Morgan fingerprint density at radius 2 is 1.97 bits per heavy atom. The van der Waals surface area contributed by atoms with Crippen molar-refractivity contribution in [3.05, 3.63) is 48.0 Å². The smallest absolute Gasteiger partial charge is 0.255 e. The van der Waals surface area contributed by atoms with Crippen LogP contribution in [0.2, 0.25) is 0 Å². The molecule has 2 aliphatic heterocycles. The molecule has 4 rings (SSSR count). The molecule has 2 aromatic carbocycles. The second-order valence-corrected chi connectivity index (χ2v) is 10.3. The molecule has 0 aromatic heterocycles. The summed E-state index contributed by atoms with van der Waals surface area (Å²) < 4.78 is 33.9. The van der Waals surface area contributed by atoms with Crippen LogP contribution >= 0.6 is 11.8 Å². The summed E-state index contributed by atoms with van der Waals surface area (Å²) in [6.07, 6.45) is 0. The molecular weight excluding hydrogens is 426 g/mol. The average Bonchev–Trinajstić information content (AvgIpc) is 3.20. The maximum Gasteiger partial charge on any atom is 0.255 e. The zero-order valence-corrected chi connectivity index (χ0v) is 18.0. The van der Waals surface area contributed by atoms with E-state index in [0.29, 0.717) is 33.6 Å². The lowest BCUT2D eigenvalue weighted by atomic mass is 10.1. The maximum atomic E-state index is 12.7. The van der Waals surface area contributed by atoms with Crippen molar-refractivity contribution in [1.29, 1.82) is 0 Å². The first-order valence-electron chi connectivity index (χ1n) is 9.22. The number of methoxy groups -OCH3 is 2. The van der Waals surface area contributed by atoms with Crippen molar-refractivity contribution in [2.45, 2.75) is 11.3 Å². The molecule has 158 valence electrons. The summed E-state index contributed by atoms with van der Waals surface area (Å²) in [6.45, 7) is 0. The minimum atomic E-state index is -2.99. The number of hydrogen-bond acceptors (Lipinski definition) is 8. The van der Waals surface area contributed by atoms with Crippen molar-refractivity contribution in [2.75, 3.05) is 36.4 Å². The molecule has 2 aromatic rings. The average molecular weight is 448 g/mol. The van der Waals surface area contributed by atoms with Crippen LogP contribution in [0.15, 0.2) is 47.5 Å². The molecule has 1 amide bonds. The first kappa shape index (κ1) is 20.5. The standard InChI is InChI=1S/C20H21N3O5S2/c1-27-14-6-7-15(17(9-14)28-2)22-19(24)12-4-3-5-13(8-12)21-20-23-16-10-30(25,26)11-18(16)29-20/h3-9,16,18H,10-11H2,1-2H3,(H,21,23)(H,22,24)/t16-,18-/m1/s1. The summed E-state index contributed by atoms with van der Waals surface area (Å²) in [6, 6.07) is 12.0. The fourth-order valence-electron chi connectivity index (χ4n) is 3.37. The van der Waals surface area contributed by atoms with Crippen molar-refractivity contribution < 1.29 is 22.7 Å². The summed E-state index contributed by atoms with van der Waals surface area (Å²) >= 11 is 1.43. The van der Waals surface area contributed by atoms with Gasteiger partial charge in [0.05, 0.1) is 37.5 Å². The van der Waals surface area contributed by atoms with Gasteiger partial charge in [0, 0.05) is 22.6 Å². The lowest BCUT2D eigenvalue weighted by molar-refractivity contribution is 0.102. The Labute approximate surface area is 179 Å². The van der Waals surface area contributed by atoms with Gasteiger partial charge >= 0.3 is 0 Å². The third kappa shape index (κ3) is 4.39. The summed E-state index contributed by atoms with van der Waals surface area (Å²) in [5.74, 6) is 1.09. The van der Waals surface area contributed by atoms with E-state index in [0.717, 1.165) is 0 Å². The number of aliphatic imine (C=N–C) groups is 1. The van der Waals surface area contributed by atoms with Crippen LogP contribution < -0.4 is 20.1 Å². The number of carbonyl (C=O) groups is 1. The number of ether oxygens (including phenoxy) is 2. The minimum absolute atomic E-state index is 0.0356. The fraction of sp³-hybridized carbons (Fsp3) is 0.300. The number of nitrogens with one attached hydrogen (secondary N) is 2. The lowest BCUT2D eigenvalue weighted by Gasteiger charge is -2.12. The number of rotatable bonds is 5. The molecule has 2 atom stereocenters. The van der Waals surface area contributed by atoms with E-state index < -0.39 is 9.84 Å². The van der Waals surface area contributed by atoms with Crippen LogP contribution in [0.5, 0.6) is 11.5 Å². The molecule has 2 aliphatic rings. The highest BCUT2D eigenvalue weighted by Crippen LogP contribution is 2.35. The van der Waals surface area contributed by atoms with Crippen molar-refractivity contribution in [3.8, 4) is 11.5 Å². The van der Waals surface area contributed by atoms with Gasteiger partial charge in [-0.15, -0.1) is 0 Å². The molecule has 1 saturated heterocycles. The van der Waals surface area contributed by atoms with Crippen molar-refractivity contribution in [1.82, 2.24) is 0 Å². The highest BCUT2D eigenvalue weighted by molar-refractivity contribution is 8.15. The van der Waals surface area contributed by atoms with Gasteiger partial charge in [-0.3, -0.25) is 9.79 Å². The molecule has 0 spiro atoms. The Morgan fingerprint density at radius 1 is 1.13 bits per heavy atom. The van der Waals surface area contributed by atoms with Gasteiger partial charge in [-0.1, -0.05) is 17.8 Å². The third-order valence-corrected chi connectivity index (χ3v) is 7.99. The Hall–Kier alpha value is -2.72. The van der Waals surface area contributed by atoms with Gasteiger partial charge in [-0.25, -0.2) is 8.42 Å². The number of amidine groups is 1. The number of hydrogen-bond donors (Lipinski definition) is 2. The second kappa shape index (κ2) is 8.19. The van der Waals surface area contributed by atoms with Crippen LogP contribution in [0, 0.1) is 0 Å². The Kier molecular flexibility index (Phi) is 5.61. The maximum absolute atomic E-state index is 12.7. The normalized spacial score (nSPS) is 21.5. The molecule has 0 radical (unpaired) electrons. The first-order valence-corrected chi connectivity index (χ1v) is 11.9. The van der Waals surface area contributed by atoms with Crippen LogP contribution in [0.4, 0.5) is 11.4 Å². The van der Waals surface area contributed by atoms with Gasteiger partial charge < -0.3 is 20.1 Å². The zero-order chi connectivity index (χ0) is 21.3. The van der Waals surface area contributed by atoms with E-state index in [9.17, 15) is 13.2 Å². The summed E-state index contributed by atoms with van der Waals surface area (Å²) in [7, 11) is 0.0970. The first-order chi connectivity index (χ1) is 14.4. The van der Waals surface area contributed by atoms with Crippen LogP contribution in [0.25, 0.3) is 0 Å². The van der Waals surface area contributed by atoms with Gasteiger partial charge in [-0.05, 0) is 30.3 Å². The van der Waals surface area contributed by atoms with Crippen molar-refractivity contribution in [3.63, 3.8) is 0 Å². The molecule has 10 heteroatoms. The molecule has 2 heterocycles. The summed E-state index contributed by atoms with van der Waals surface area (Å²) in [5, 5.41) is 6.67. The largest absolute Gasteiger partial charge is 0.497 e. The molecule has 0 saturated carbocycles. The van der Waals surface area contributed by atoms with Gasteiger partial charge in [0.25, 0.3) is 5.91 Å². The van der Waals surface area contributed by atoms with Crippen LogP contribution in [0.3, 0.4) is 0 Å². The highest BCUT2D eigenvalue weighted by Gasteiger charge is 2.42. The predicted molar refractivity (Wildman–Crippen MR) is 119 cm³/mol.